The van der Waals surface area contributed by atoms with Crippen molar-refractivity contribution in [1.29, 1.82) is 0 Å². The molecule has 19 heavy (non-hydrogen) atoms. The second-order valence-corrected chi connectivity index (χ2v) is 4.60. The van der Waals surface area contributed by atoms with Gasteiger partial charge in [0, 0.05) is 10.9 Å². The molecule has 6 heteroatoms. The minimum Gasteiger partial charge on any atom is -0.465 e. The second-order valence-electron chi connectivity index (χ2n) is 3.74. The van der Waals surface area contributed by atoms with Crippen LogP contribution in [0.25, 0.3) is 0 Å². The number of hydrogen-bond donors (Lipinski definition) is 1. The number of rotatable bonds is 4. The lowest BCUT2D eigenvalue weighted by Crippen LogP contribution is -2.05. The molecule has 0 aliphatic heterocycles. The van der Waals surface area contributed by atoms with E-state index in [4.69, 9.17) is 4.74 Å². The van der Waals surface area contributed by atoms with E-state index in [1.165, 1.54) is 18.4 Å². The van der Waals surface area contributed by atoms with E-state index in [1.54, 1.807) is 24.4 Å². The van der Waals surface area contributed by atoms with E-state index in [9.17, 15) is 4.79 Å². The van der Waals surface area contributed by atoms with Crippen LogP contribution in [0.2, 0.25) is 0 Å². The van der Waals surface area contributed by atoms with Crippen LogP contribution in [0, 0.1) is 6.92 Å². The maximum absolute atomic E-state index is 11.6. The van der Waals surface area contributed by atoms with Crippen LogP contribution in [-0.4, -0.2) is 24.3 Å². The molecule has 1 aromatic heterocycles. The number of thiazole rings is 1. The number of nitrogens with zero attached hydrogens (tertiary/aromatic N) is 2. The molecule has 1 heterocycles. The fourth-order valence-electron chi connectivity index (χ4n) is 1.47. The molecule has 0 saturated heterocycles. The Labute approximate surface area is 114 Å². The molecule has 0 bridgehead atoms. The van der Waals surface area contributed by atoms with Crippen molar-refractivity contribution in [3.63, 3.8) is 0 Å². The zero-order valence-electron chi connectivity index (χ0n) is 10.6. The number of ether oxygens (including phenoxy) is 1. The highest BCUT2D eigenvalue weighted by Gasteiger charge is 2.08. The summed E-state index contributed by atoms with van der Waals surface area (Å²) in [4.78, 5) is 15.8. The summed E-state index contributed by atoms with van der Waals surface area (Å²) >= 11 is 1.47. The smallest absolute Gasteiger partial charge is 0.338 e. The highest BCUT2D eigenvalue weighted by atomic mass is 32.1. The molecule has 0 unspecified atom stereocenters. The van der Waals surface area contributed by atoms with Crippen LogP contribution in [0.5, 0.6) is 0 Å². The molecule has 0 fully saturated rings. The first-order valence-electron chi connectivity index (χ1n) is 5.59. The molecule has 98 valence electrons. The van der Waals surface area contributed by atoms with Crippen LogP contribution < -0.4 is 5.43 Å². The summed E-state index contributed by atoms with van der Waals surface area (Å²) in [6.45, 7) is 1.91. The fraction of sp³-hybridized carbons (Fsp3) is 0.154. The standard InChI is InChI=1S/C13H13N3O2S/c1-9-8-19-13(15-9)16-14-7-10-5-3-4-6-11(10)12(17)18-2/h3-8H,1-2H3,(H,15,16). The third-order valence-corrected chi connectivity index (χ3v) is 3.21. The van der Waals surface area contributed by atoms with E-state index in [-0.39, 0.29) is 5.97 Å². The predicted molar refractivity (Wildman–Crippen MR) is 75.8 cm³/mol. The number of hydrazone groups is 1. The summed E-state index contributed by atoms with van der Waals surface area (Å²) in [6, 6.07) is 7.10. The number of aromatic nitrogens is 1. The van der Waals surface area contributed by atoms with Gasteiger partial charge >= 0.3 is 5.97 Å². The van der Waals surface area contributed by atoms with Crippen LogP contribution in [0.15, 0.2) is 34.7 Å². The molecule has 2 aromatic rings. The third kappa shape index (κ3) is 3.38. The normalized spacial score (nSPS) is 10.6. The van der Waals surface area contributed by atoms with Crippen molar-refractivity contribution in [2.45, 2.75) is 6.92 Å². The monoisotopic (exact) mass is 275 g/mol. The fourth-order valence-corrected chi connectivity index (χ4v) is 2.10. The van der Waals surface area contributed by atoms with Gasteiger partial charge in [-0.25, -0.2) is 9.78 Å². The van der Waals surface area contributed by atoms with Crippen molar-refractivity contribution < 1.29 is 9.53 Å². The van der Waals surface area contributed by atoms with Gasteiger partial charge in [-0.1, -0.05) is 18.2 Å². The zero-order valence-corrected chi connectivity index (χ0v) is 11.4. The first-order valence-corrected chi connectivity index (χ1v) is 6.47. The number of carbonyl (C=O) groups is 1. The highest BCUT2D eigenvalue weighted by Crippen LogP contribution is 2.14. The Balaban J connectivity index is 2.12. The quantitative estimate of drug-likeness (QED) is 0.529. The largest absolute Gasteiger partial charge is 0.465 e. The van der Waals surface area contributed by atoms with Gasteiger partial charge in [0.2, 0.25) is 5.13 Å². The van der Waals surface area contributed by atoms with Gasteiger partial charge in [0.1, 0.15) is 0 Å². The van der Waals surface area contributed by atoms with E-state index < -0.39 is 0 Å². The van der Waals surface area contributed by atoms with Gasteiger partial charge < -0.3 is 4.74 Å². The first kappa shape index (κ1) is 13.2. The van der Waals surface area contributed by atoms with Gasteiger partial charge in [0.05, 0.1) is 24.6 Å². The van der Waals surface area contributed by atoms with Gasteiger partial charge in [-0.05, 0) is 13.0 Å². The molecule has 0 aliphatic rings. The van der Waals surface area contributed by atoms with Crippen LogP contribution >= 0.6 is 11.3 Å². The molecule has 0 radical (unpaired) electrons. The van der Waals surface area contributed by atoms with Crippen molar-refractivity contribution in [3.8, 4) is 0 Å². The lowest BCUT2D eigenvalue weighted by atomic mass is 10.1. The average molecular weight is 275 g/mol. The molecule has 0 aliphatic carbocycles. The van der Waals surface area contributed by atoms with Gasteiger partial charge in [-0.3, -0.25) is 5.43 Å². The summed E-state index contributed by atoms with van der Waals surface area (Å²) in [5, 5.41) is 6.71. The van der Waals surface area contributed by atoms with E-state index >= 15 is 0 Å². The third-order valence-electron chi connectivity index (χ3n) is 2.35. The minimum atomic E-state index is -0.382. The Bertz CT molecular complexity index is 607. The molecule has 1 aromatic carbocycles. The van der Waals surface area contributed by atoms with Crippen molar-refractivity contribution in [1.82, 2.24) is 4.98 Å². The number of anilines is 1. The van der Waals surface area contributed by atoms with Gasteiger partial charge in [-0.2, -0.15) is 5.10 Å². The molecule has 2 rings (SSSR count). The SMILES string of the molecule is COC(=O)c1ccccc1C=NNc1nc(C)cs1. The summed E-state index contributed by atoms with van der Waals surface area (Å²) in [7, 11) is 1.35. The Kier molecular flexibility index (Phi) is 4.25. The van der Waals surface area contributed by atoms with Crippen LogP contribution in [0.3, 0.4) is 0 Å². The first-order chi connectivity index (χ1) is 9.20. The number of benzene rings is 1. The molecule has 5 nitrogen and oxygen atoms in total. The second kappa shape index (κ2) is 6.10. The molecule has 1 N–H and O–H groups in total. The maximum atomic E-state index is 11.6. The summed E-state index contributed by atoms with van der Waals surface area (Å²) in [5.41, 5.74) is 4.93. The number of esters is 1. The van der Waals surface area contributed by atoms with Crippen LogP contribution in [0.4, 0.5) is 5.13 Å². The number of methoxy groups -OCH3 is 1. The summed E-state index contributed by atoms with van der Waals surface area (Å²) in [5.74, 6) is -0.382. The Morgan fingerprint density at radius 3 is 2.95 bits per heavy atom. The molecular formula is C13H13N3O2S. The summed E-state index contributed by atoms with van der Waals surface area (Å²) < 4.78 is 4.71. The van der Waals surface area contributed by atoms with E-state index in [0.717, 1.165) is 5.69 Å². The maximum Gasteiger partial charge on any atom is 0.338 e. The topological polar surface area (TPSA) is 63.6 Å². The Hall–Kier alpha value is -2.21. The number of carbonyl (C=O) groups excluding carboxylic acids is 1. The van der Waals surface area contributed by atoms with Crippen molar-refractivity contribution in [2.75, 3.05) is 12.5 Å². The van der Waals surface area contributed by atoms with E-state index in [1.807, 2.05) is 18.4 Å². The lowest BCUT2D eigenvalue weighted by molar-refractivity contribution is 0.0600. The zero-order chi connectivity index (χ0) is 13.7. The van der Waals surface area contributed by atoms with Crippen molar-refractivity contribution >= 4 is 28.7 Å². The highest BCUT2D eigenvalue weighted by molar-refractivity contribution is 7.13. The average Bonchev–Trinajstić information content (AvgIpc) is 2.84. The molecule has 0 spiro atoms. The summed E-state index contributed by atoms with van der Waals surface area (Å²) in [6.07, 6.45) is 1.57. The van der Waals surface area contributed by atoms with Crippen molar-refractivity contribution in [2.24, 2.45) is 5.10 Å². The molecule has 0 atom stereocenters. The van der Waals surface area contributed by atoms with Crippen LogP contribution in [0.1, 0.15) is 21.6 Å². The Morgan fingerprint density at radius 2 is 2.26 bits per heavy atom. The predicted octanol–water partition coefficient (Wildman–Crippen LogP) is 2.68. The van der Waals surface area contributed by atoms with Crippen LogP contribution in [-0.2, 0) is 4.74 Å². The number of nitrogens with one attached hydrogen (secondary N) is 1. The Morgan fingerprint density at radius 1 is 1.47 bits per heavy atom. The van der Waals surface area contributed by atoms with E-state index in [0.29, 0.717) is 16.3 Å². The van der Waals surface area contributed by atoms with Gasteiger partial charge in [0.15, 0.2) is 0 Å². The van der Waals surface area contributed by atoms with E-state index in [2.05, 4.69) is 15.5 Å². The molecular weight excluding hydrogens is 262 g/mol. The minimum absolute atomic E-state index is 0.382. The molecule has 0 saturated carbocycles. The molecule has 0 amide bonds. The lowest BCUT2D eigenvalue weighted by Gasteiger charge is -2.02. The van der Waals surface area contributed by atoms with Gasteiger partial charge in [0.25, 0.3) is 0 Å². The van der Waals surface area contributed by atoms with Gasteiger partial charge in [-0.15, -0.1) is 11.3 Å². The van der Waals surface area contributed by atoms with Crippen molar-refractivity contribution in [3.05, 3.63) is 46.5 Å². The number of aryl methyl sites for hydroxylation is 1. The number of hydrogen-bond acceptors (Lipinski definition) is 6.